The molecule has 0 atom stereocenters. The van der Waals surface area contributed by atoms with Crippen LogP contribution in [0.2, 0.25) is 0 Å². The van der Waals surface area contributed by atoms with Gasteiger partial charge in [-0.05, 0) is 30.3 Å². The summed E-state index contributed by atoms with van der Waals surface area (Å²) in [5.41, 5.74) is 4.32. The predicted octanol–water partition coefficient (Wildman–Crippen LogP) is 4.11. The lowest BCUT2D eigenvalue weighted by molar-refractivity contribution is 0.122. The fraction of sp³-hybridized carbons (Fsp3) is 0.217. The van der Waals surface area contributed by atoms with Crippen molar-refractivity contribution in [2.75, 3.05) is 31.2 Å². The lowest BCUT2D eigenvalue weighted by Crippen LogP contribution is -2.37. The summed E-state index contributed by atoms with van der Waals surface area (Å²) in [5, 5.41) is 3.39. The van der Waals surface area contributed by atoms with Gasteiger partial charge in [0.2, 0.25) is 0 Å². The van der Waals surface area contributed by atoms with E-state index in [9.17, 15) is 0 Å². The van der Waals surface area contributed by atoms with Crippen LogP contribution in [0.25, 0.3) is 44.1 Å². The Labute approximate surface area is 167 Å². The molecule has 5 aromatic rings. The normalized spacial score (nSPS) is 15.0. The zero-order chi connectivity index (χ0) is 19.4. The molecule has 6 heteroatoms. The van der Waals surface area contributed by atoms with Gasteiger partial charge in [0, 0.05) is 65.3 Å². The Bertz CT molecular complexity index is 1360. The van der Waals surface area contributed by atoms with Crippen LogP contribution in [-0.4, -0.2) is 45.8 Å². The van der Waals surface area contributed by atoms with Gasteiger partial charge >= 0.3 is 0 Å². The number of aromatic nitrogens is 4. The first-order chi connectivity index (χ1) is 14.3. The van der Waals surface area contributed by atoms with Crippen LogP contribution in [0.4, 0.5) is 5.82 Å². The minimum Gasteiger partial charge on any atom is -0.378 e. The highest BCUT2D eigenvalue weighted by Gasteiger charge is 2.20. The fourth-order valence-corrected chi connectivity index (χ4v) is 4.35. The molecule has 1 fully saturated rings. The first-order valence-electron chi connectivity index (χ1n) is 9.94. The van der Waals surface area contributed by atoms with Crippen molar-refractivity contribution in [1.82, 2.24) is 19.5 Å². The third-order valence-electron chi connectivity index (χ3n) is 5.86. The lowest BCUT2D eigenvalue weighted by atomic mass is 10.1. The molecule has 1 aliphatic rings. The molecule has 0 bridgehead atoms. The first kappa shape index (κ1) is 16.6. The molecule has 4 heterocycles. The second kappa shape index (κ2) is 6.32. The van der Waals surface area contributed by atoms with Crippen molar-refractivity contribution in [3.8, 4) is 11.4 Å². The molecule has 0 radical (unpaired) electrons. The Morgan fingerprint density at radius 2 is 1.83 bits per heavy atom. The number of ether oxygens (including phenoxy) is 1. The lowest BCUT2D eigenvalue weighted by Gasteiger charge is -2.29. The number of anilines is 1. The zero-order valence-corrected chi connectivity index (χ0v) is 16.2. The Balaban J connectivity index is 1.68. The molecule has 1 N–H and O–H groups in total. The number of nitrogens with zero attached hydrogens (tertiary/aromatic N) is 4. The van der Waals surface area contributed by atoms with Crippen LogP contribution in [0.5, 0.6) is 0 Å². The Kier molecular flexibility index (Phi) is 3.61. The second-order valence-corrected chi connectivity index (χ2v) is 7.54. The summed E-state index contributed by atoms with van der Waals surface area (Å²) < 4.78 is 7.71. The van der Waals surface area contributed by atoms with Gasteiger partial charge in [-0.1, -0.05) is 12.1 Å². The van der Waals surface area contributed by atoms with Crippen LogP contribution in [-0.2, 0) is 11.8 Å². The minimum atomic E-state index is 0.724. The molecule has 1 aliphatic heterocycles. The topological polar surface area (TPSA) is 59.0 Å². The number of H-pyrrole nitrogens is 1. The molecule has 3 aromatic heterocycles. The summed E-state index contributed by atoms with van der Waals surface area (Å²) in [6.07, 6.45) is 4.06. The van der Waals surface area contributed by atoms with Crippen molar-refractivity contribution < 1.29 is 4.74 Å². The number of nitrogens with one attached hydrogen (secondary N) is 1. The standard InChI is InChI=1S/C23H21N5O/c1-27-10-8-17-20(27)6-5-18-21(17)25-22(26-23(18)28-11-13-29-14-12-28)16-3-2-4-19-15(16)7-9-24-19/h2-10,24H,11-14H2,1H3. The van der Waals surface area contributed by atoms with Gasteiger partial charge in [-0.2, -0.15) is 0 Å². The molecule has 1 saturated heterocycles. The summed E-state index contributed by atoms with van der Waals surface area (Å²) in [4.78, 5) is 15.8. The van der Waals surface area contributed by atoms with Gasteiger partial charge in [-0.3, -0.25) is 0 Å². The number of morpholine rings is 1. The third kappa shape index (κ3) is 2.53. The second-order valence-electron chi connectivity index (χ2n) is 7.54. The largest absolute Gasteiger partial charge is 0.378 e. The molecule has 0 unspecified atom stereocenters. The zero-order valence-electron chi connectivity index (χ0n) is 16.2. The van der Waals surface area contributed by atoms with E-state index in [-0.39, 0.29) is 0 Å². The quantitative estimate of drug-likeness (QED) is 0.498. The first-order valence-corrected chi connectivity index (χ1v) is 9.94. The van der Waals surface area contributed by atoms with Gasteiger partial charge in [-0.25, -0.2) is 9.97 Å². The maximum absolute atomic E-state index is 5.58. The van der Waals surface area contributed by atoms with Crippen LogP contribution < -0.4 is 4.90 Å². The molecule has 0 spiro atoms. The molecule has 0 aliphatic carbocycles. The summed E-state index contributed by atoms with van der Waals surface area (Å²) in [5.74, 6) is 1.76. The van der Waals surface area contributed by atoms with Crippen LogP contribution in [0.3, 0.4) is 0 Å². The van der Waals surface area contributed by atoms with Crippen LogP contribution in [0, 0.1) is 0 Å². The summed E-state index contributed by atoms with van der Waals surface area (Å²) in [7, 11) is 2.07. The highest BCUT2D eigenvalue weighted by Crippen LogP contribution is 2.34. The number of rotatable bonds is 2. The highest BCUT2D eigenvalue weighted by molar-refractivity contribution is 6.09. The molecule has 0 saturated carbocycles. The van der Waals surface area contributed by atoms with E-state index in [0.29, 0.717) is 0 Å². The van der Waals surface area contributed by atoms with E-state index in [2.05, 4.69) is 70.2 Å². The maximum Gasteiger partial charge on any atom is 0.162 e. The van der Waals surface area contributed by atoms with Gasteiger partial charge in [0.05, 0.1) is 18.7 Å². The van der Waals surface area contributed by atoms with Crippen molar-refractivity contribution in [3.63, 3.8) is 0 Å². The SMILES string of the molecule is Cn1ccc2c3nc(-c4cccc5[nH]ccc45)nc(N4CCOCC4)c3ccc21. The van der Waals surface area contributed by atoms with Gasteiger partial charge in [0.15, 0.2) is 5.82 Å². The van der Waals surface area contributed by atoms with E-state index < -0.39 is 0 Å². The van der Waals surface area contributed by atoms with Gasteiger partial charge < -0.3 is 19.2 Å². The van der Waals surface area contributed by atoms with Gasteiger partial charge in [0.25, 0.3) is 0 Å². The molecule has 6 rings (SSSR count). The maximum atomic E-state index is 5.58. The fourth-order valence-electron chi connectivity index (χ4n) is 4.35. The number of benzene rings is 2. The monoisotopic (exact) mass is 383 g/mol. The average molecular weight is 383 g/mol. The van der Waals surface area contributed by atoms with Crippen LogP contribution >= 0.6 is 0 Å². The number of hydrogen-bond acceptors (Lipinski definition) is 4. The van der Waals surface area contributed by atoms with Crippen molar-refractivity contribution in [2.45, 2.75) is 0 Å². The van der Waals surface area contributed by atoms with E-state index in [1.165, 1.54) is 5.52 Å². The van der Waals surface area contributed by atoms with Gasteiger partial charge in [0.1, 0.15) is 5.82 Å². The van der Waals surface area contributed by atoms with Crippen molar-refractivity contribution >= 4 is 38.5 Å². The molecule has 2 aromatic carbocycles. The molecule has 144 valence electrons. The van der Waals surface area contributed by atoms with E-state index in [0.717, 1.165) is 70.7 Å². The van der Waals surface area contributed by atoms with E-state index >= 15 is 0 Å². The Morgan fingerprint density at radius 1 is 0.931 bits per heavy atom. The van der Waals surface area contributed by atoms with Crippen molar-refractivity contribution in [3.05, 3.63) is 54.9 Å². The average Bonchev–Trinajstić information content (AvgIpc) is 3.40. The van der Waals surface area contributed by atoms with E-state index in [4.69, 9.17) is 14.7 Å². The third-order valence-corrected chi connectivity index (χ3v) is 5.86. The Morgan fingerprint density at radius 3 is 2.72 bits per heavy atom. The number of aromatic amines is 1. The summed E-state index contributed by atoms with van der Waals surface area (Å²) in [6.45, 7) is 3.13. The Hall–Kier alpha value is -3.38. The van der Waals surface area contributed by atoms with Crippen LogP contribution in [0.1, 0.15) is 0 Å². The van der Waals surface area contributed by atoms with Crippen molar-refractivity contribution in [2.24, 2.45) is 7.05 Å². The van der Waals surface area contributed by atoms with Gasteiger partial charge in [-0.15, -0.1) is 0 Å². The van der Waals surface area contributed by atoms with Crippen LogP contribution in [0.15, 0.2) is 54.9 Å². The smallest absolute Gasteiger partial charge is 0.162 e. The molecule has 29 heavy (non-hydrogen) atoms. The van der Waals surface area contributed by atoms with Crippen molar-refractivity contribution in [1.29, 1.82) is 0 Å². The molecular formula is C23H21N5O. The highest BCUT2D eigenvalue weighted by atomic mass is 16.5. The minimum absolute atomic E-state index is 0.724. The molecule has 0 amide bonds. The number of aryl methyl sites for hydroxylation is 1. The number of hydrogen-bond donors (Lipinski definition) is 1. The molecular weight excluding hydrogens is 362 g/mol. The summed E-state index contributed by atoms with van der Waals surface area (Å²) >= 11 is 0. The molecule has 6 nitrogen and oxygen atoms in total. The van der Waals surface area contributed by atoms with E-state index in [1.807, 2.05) is 6.20 Å². The summed E-state index contributed by atoms with van der Waals surface area (Å²) in [6, 6.07) is 14.8. The predicted molar refractivity (Wildman–Crippen MR) is 116 cm³/mol. The van der Waals surface area contributed by atoms with E-state index in [1.54, 1.807) is 0 Å². The number of fused-ring (bicyclic) bond motifs is 4.